The maximum absolute atomic E-state index is 12.4. The summed E-state index contributed by atoms with van der Waals surface area (Å²) in [6, 6.07) is 15.0. The first-order valence-corrected chi connectivity index (χ1v) is 9.65. The van der Waals surface area contributed by atoms with E-state index in [4.69, 9.17) is 16.3 Å². The minimum absolute atomic E-state index is 0.0823. The maximum atomic E-state index is 12.4. The van der Waals surface area contributed by atoms with Crippen molar-refractivity contribution < 1.29 is 9.53 Å². The molecule has 0 saturated carbocycles. The van der Waals surface area contributed by atoms with E-state index in [-0.39, 0.29) is 5.91 Å². The van der Waals surface area contributed by atoms with Gasteiger partial charge in [-0.05, 0) is 67.8 Å². The zero-order valence-electron chi connectivity index (χ0n) is 16.1. The molecule has 0 saturated heterocycles. The lowest BCUT2D eigenvalue weighted by Gasteiger charge is -2.11. The number of nitrogens with zero attached hydrogens (tertiary/aromatic N) is 2. The van der Waals surface area contributed by atoms with Gasteiger partial charge in [-0.2, -0.15) is 5.10 Å². The molecular formula is C22H24ClN3O2. The van der Waals surface area contributed by atoms with Crippen molar-refractivity contribution in [1.29, 1.82) is 0 Å². The molecule has 6 heteroatoms. The second-order valence-electron chi connectivity index (χ2n) is 6.73. The number of carbonyl (C=O) groups is 1. The molecule has 0 fully saturated rings. The van der Waals surface area contributed by atoms with E-state index in [1.165, 1.54) is 0 Å². The largest absolute Gasteiger partial charge is 0.489 e. The summed E-state index contributed by atoms with van der Waals surface area (Å²) in [5.41, 5.74) is 3.54. The molecular weight excluding hydrogens is 374 g/mol. The van der Waals surface area contributed by atoms with E-state index in [1.54, 1.807) is 6.07 Å². The SMILES string of the molecule is Cc1ccn(CCCNC(=O)c2cccc(COc3ccc(Cl)cc3C)c2)n1. The smallest absolute Gasteiger partial charge is 0.251 e. The summed E-state index contributed by atoms with van der Waals surface area (Å²) < 4.78 is 7.75. The molecule has 5 nitrogen and oxygen atoms in total. The molecule has 0 bridgehead atoms. The van der Waals surface area contributed by atoms with Crippen molar-refractivity contribution in [2.24, 2.45) is 0 Å². The highest BCUT2D eigenvalue weighted by molar-refractivity contribution is 6.30. The van der Waals surface area contributed by atoms with Crippen LogP contribution in [0.4, 0.5) is 0 Å². The van der Waals surface area contributed by atoms with Crippen molar-refractivity contribution in [3.8, 4) is 5.75 Å². The standard InChI is InChI=1S/C22H24ClN3O2/c1-16-13-20(23)7-8-21(16)28-15-18-5-3-6-19(14-18)22(27)24-10-4-11-26-12-9-17(2)25-26/h3,5-9,12-14H,4,10-11,15H2,1-2H3,(H,24,27). The monoisotopic (exact) mass is 397 g/mol. The average molecular weight is 398 g/mol. The summed E-state index contributed by atoms with van der Waals surface area (Å²) in [7, 11) is 0. The van der Waals surface area contributed by atoms with Crippen LogP contribution in [0, 0.1) is 13.8 Å². The van der Waals surface area contributed by atoms with Crippen LogP contribution in [-0.2, 0) is 13.2 Å². The van der Waals surface area contributed by atoms with Gasteiger partial charge in [-0.25, -0.2) is 0 Å². The van der Waals surface area contributed by atoms with Crippen molar-refractivity contribution in [1.82, 2.24) is 15.1 Å². The van der Waals surface area contributed by atoms with Crippen molar-refractivity contribution in [3.63, 3.8) is 0 Å². The van der Waals surface area contributed by atoms with Crippen LogP contribution in [0.2, 0.25) is 5.02 Å². The van der Waals surface area contributed by atoms with Gasteiger partial charge < -0.3 is 10.1 Å². The number of rotatable bonds is 8. The lowest BCUT2D eigenvalue weighted by molar-refractivity contribution is 0.0952. The molecule has 0 unspecified atom stereocenters. The van der Waals surface area contributed by atoms with Crippen LogP contribution in [0.15, 0.2) is 54.7 Å². The summed E-state index contributed by atoms with van der Waals surface area (Å²) >= 11 is 5.97. The molecule has 3 rings (SSSR count). The Balaban J connectivity index is 1.49. The summed E-state index contributed by atoms with van der Waals surface area (Å²) in [6.45, 7) is 5.69. The molecule has 146 valence electrons. The van der Waals surface area contributed by atoms with E-state index >= 15 is 0 Å². The number of carbonyl (C=O) groups excluding carboxylic acids is 1. The van der Waals surface area contributed by atoms with Gasteiger partial charge in [0.05, 0.1) is 5.69 Å². The first kappa shape index (κ1) is 20.0. The minimum Gasteiger partial charge on any atom is -0.489 e. The Labute approximate surface area is 170 Å². The number of nitrogens with one attached hydrogen (secondary N) is 1. The predicted octanol–water partition coefficient (Wildman–Crippen LogP) is 4.55. The Morgan fingerprint density at radius 1 is 1.18 bits per heavy atom. The van der Waals surface area contributed by atoms with Crippen LogP contribution in [0.1, 0.15) is 33.6 Å². The third-order valence-electron chi connectivity index (χ3n) is 4.34. The molecule has 1 amide bonds. The van der Waals surface area contributed by atoms with Crippen LogP contribution in [-0.4, -0.2) is 22.2 Å². The van der Waals surface area contributed by atoms with Gasteiger partial charge in [0, 0.05) is 29.9 Å². The second kappa shape index (κ2) is 9.42. The summed E-state index contributed by atoms with van der Waals surface area (Å²) in [6.07, 6.45) is 2.77. The van der Waals surface area contributed by atoms with E-state index in [9.17, 15) is 4.79 Å². The topological polar surface area (TPSA) is 56.2 Å². The molecule has 3 aromatic rings. The second-order valence-corrected chi connectivity index (χ2v) is 7.16. The predicted molar refractivity (Wildman–Crippen MR) is 111 cm³/mol. The number of amides is 1. The van der Waals surface area contributed by atoms with E-state index in [0.717, 1.165) is 35.5 Å². The lowest BCUT2D eigenvalue weighted by atomic mass is 10.1. The zero-order chi connectivity index (χ0) is 19.9. The van der Waals surface area contributed by atoms with Gasteiger partial charge in [0.15, 0.2) is 0 Å². The van der Waals surface area contributed by atoms with Crippen LogP contribution in [0.25, 0.3) is 0 Å². The van der Waals surface area contributed by atoms with E-state index < -0.39 is 0 Å². The summed E-state index contributed by atoms with van der Waals surface area (Å²) in [4.78, 5) is 12.4. The molecule has 0 atom stereocenters. The molecule has 1 N–H and O–H groups in total. The van der Waals surface area contributed by atoms with E-state index in [2.05, 4.69) is 10.4 Å². The summed E-state index contributed by atoms with van der Waals surface area (Å²) in [5.74, 6) is 0.703. The third kappa shape index (κ3) is 5.60. The first-order valence-electron chi connectivity index (χ1n) is 9.27. The van der Waals surface area contributed by atoms with Gasteiger partial charge in [-0.3, -0.25) is 9.48 Å². The fraction of sp³-hybridized carbons (Fsp3) is 0.273. The number of hydrogen-bond donors (Lipinski definition) is 1. The molecule has 2 aromatic carbocycles. The number of hydrogen-bond acceptors (Lipinski definition) is 3. The van der Waals surface area contributed by atoms with Gasteiger partial charge in [0.1, 0.15) is 12.4 Å². The van der Waals surface area contributed by atoms with Crippen LogP contribution in [0.5, 0.6) is 5.75 Å². The molecule has 0 aliphatic heterocycles. The Morgan fingerprint density at radius 3 is 2.79 bits per heavy atom. The van der Waals surface area contributed by atoms with Gasteiger partial charge in [-0.15, -0.1) is 0 Å². The Bertz CT molecular complexity index is 952. The average Bonchev–Trinajstić information content (AvgIpc) is 3.10. The highest BCUT2D eigenvalue weighted by atomic mass is 35.5. The molecule has 0 spiro atoms. The summed E-state index contributed by atoms with van der Waals surface area (Å²) in [5, 5.41) is 7.98. The number of ether oxygens (including phenoxy) is 1. The molecule has 0 radical (unpaired) electrons. The maximum Gasteiger partial charge on any atom is 0.251 e. The highest BCUT2D eigenvalue weighted by Gasteiger charge is 2.07. The third-order valence-corrected chi connectivity index (χ3v) is 4.58. The number of aromatic nitrogens is 2. The molecule has 0 aliphatic rings. The van der Waals surface area contributed by atoms with Gasteiger partial charge in [0.2, 0.25) is 0 Å². The zero-order valence-corrected chi connectivity index (χ0v) is 16.9. The number of halogens is 1. The number of aryl methyl sites for hydroxylation is 3. The molecule has 28 heavy (non-hydrogen) atoms. The van der Waals surface area contributed by atoms with Crippen LogP contribution >= 0.6 is 11.6 Å². The van der Waals surface area contributed by atoms with E-state index in [0.29, 0.717) is 23.7 Å². The Kier molecular flexibility index (Phi) is 6.71. The van der Waals surface area contributed by atoms with Crippen LogP contribution in [0.3, 0.4) is 0 Å². The van der Waals surface area contributed by atoms with Crippen LogP contribution < -0.4 is 10.1 Å². The van der Waals surface area contributed by atoms with Gasteiger partial charge in [0.25, 0.3) is 5.91 Å². The molecule has 1 heterocycles. The fourth-order valence-corrected chi connectivity index (χ4v) is 3.10. The fourth-order valence-electron chi connectivity index (χ4n) is 2.87. The molecule has 1 aromatic heterocycles. The van der Waals surface area contributed by atoms with Gasteiger partial charge in [-0.1, -0.05) is 23.7 Å². The lowest BCUT2D eigenvalue weighted by Crippen LogP contribution is -2.25. The van der Waals surface area contributed by atoms with Crippen molar-refractivity contribution in [2.75, 3.05) is 6.54 Å². The van der Waals surface area contributed by atoms with Crippen molar-refractivity contribution in [3.05, 3.63) is 82.1 Å². The first-order chi connectivity index (χ1) is 13.5. The van der Waals surface area contributed by atoms with Crippen molar-refractivity contribution >= 4 is 17.5 Å². The van der Waals surface area contributed by atoms with E-state index in [1.807, 2.05) is 67.2 Å². The van der Waals surface area contributed by atoms with Crippen molar-refractivity contribution in [2.45, 2.75) is 33.4 Å². The normalized spacial score (nSPS) is 10.7. The Hall–Kier alpha value is -2.79. The Morgan fingerprint density at radius 2 is 2.04 bits per heavy atom. The molecule has 0 aliphatic carbocycles. The number of benzene rings is 2. The minimum atomic E-state index is -0.0823. The van der Waals surface area contributed by atoms with Gasteiger partial charge >= 0.3 is 0 Å². The quantitative estimate of drug-likeness (QED) is 0.567. The highest BCUT2D eigenvalue weighted by Crippen LogP contribution is 2.22.